The van der Waals surface area contributed by atoms with Gasteiger partial charge in [-0.2, -0.15) is 0 Å². The van der Waals surface area contributed by atoms with Gasteiger partial charge < -0.3 is 4.74 Å². The Morgan fingerprint density at radius 2 is 2.35 bits per heavy atom. The topological polar surface area (TPSA) is 39.2 Å². The number of hydrogen-bond donors (Lipinski definition) is 0. The summed E-state index contributed by atoms with van der Waals surface area (Å²) in [5.41, 5.74) is 2.76. The molecule has 1 aliphatic carbocycles. The normalized spacial score (nSPS) is 14.9. The van der Waals surface area contributed by atoms with E-state index in [2.05, 4.69) is 11.1 Å². The predicted molar refractivity (Wildman–Crippen MR) is 65.4 cm³/mol. The van der Waals surface area contributed by atoms with Crippen LogP contribution in [0, 0.1) is 0 Å². The van der Waals surface area contributed by atoms with Crippen molar-refractivity contribution in [1.29, 1.82) is 0 Å². The monoisotopic (exact) mass is 229 g/mol. The van der Waals surface area contributed by atoms with Gasteiger partial charge in [-0.3, -0.25) is 4.98 Å². The number of rotatable bonds is 3. The maximum Gasteiger partial charge on any atom is 0.334 e. The van der Waals surface area contributed by atoms with Crippen molar-refractivity contribution in [3.63, 3.8) is 0 Å². The Bertz CT molecular complexity index is 460. The molecule has 1 aromatic rings. The van der Waals surface area contributed by atoms with Crippen molar-refractivity contribution in [3.8, 4) is 0 Å². The van der Waals surface area contributed by atoms with Crippen LogP contribution in [0.15, 0.2) is 47.7 Å². The summed E-state index contributed by atoms with van der Waals surface area (Å²) in [4.78, 5) is 15.9. The Kier molecular flexibility index (Phi) is 3.70. The molecule has 0 saturated carbocycles. The fourth-order valence-electron chi connectivity index (χ4n) is 1.93. The average Bonchev–Trinajstić information content (AvgIpc) is 2.40. The molecule has 0 bridgehead atoms. The highest BCUT2D eigenvalue weighted by Gasteiger charge is 2.16. The smallest absolute Gasteiger partial charge is 0.334 e. The van der Waals surface area contributed by atoms with E-state index in [1.54, 1.807) is 6.20 Å². The zero-order valence-corrected chi connectivity index (χ0v) is 9.85. The Labute approximate surface area is 101 Å². The summed E-state index contributed by atoms with van der Waals surface area (Å²) in [6, 6.07) is 5.80. The van der Waals surface area contributed by atoms with E-state index in [4.69, 9.17) is 4.74 Å². The van der Waals surface area contributed by atoms with Crippen molar-refractivity contribution >= 4 is 5.97 Å². The van der Waals surface area contributed by atoms with Crippen molar-refractivity contribution in [2.24, 2.45) is 0 Å². The van der Waals surface area contributed by atoms with E-state index in [1.807, 2.05) is 24.3 Å². The average molecular weight is 229 g/mol. The van der Waals surface area contributed by atoms with E-state index in [0.717, 1.165) is 29.7 Å². The van der Waals surface area contributed by atoms with Crippen LogP contribution in [0.1, 0.15) is 18.5 Å². The second kappa shape index (κ2) is 5.43. The molecule has 1 aliphatic rings. The Balaban J connectivity index is 2.25. The molecule has 0 aromatic carbocycles. The minimum absolute atomic E-state index is 0.222. The van der Waals surface area contributed by atoms with Gasteiger partial charge >= 0.3 is 5.97 Å². The molecule has 0 amide bonds. The third-order valence-corrected chi connectivity index (χ3v) is 2.80. The highest BCUT2D eigenvalue weighted by molar-refractivity contribution is 5.90. The number of hydrogen-bond acceptors (Lipinski definition) is 3. The highest BCUT2D eigenvalue weighted by atomic mass is 16.5. The van der Waals surface area contributed by atoms with Crippen LogP contribution in [0.5, 0.6) is 0 Å². The Hall–Kier alpha value is -1.90. The van der Waals surface area contributed by atoms with Crippen LogP contribution in [0.4, 0.5) is 0 Å². The molecule has 0 atom stereocenters. The lowest BCUT2D eigenvalue weighted by atomic mass is 9.94. The molecular formula is C14H15NO2. The van der Waals surface area contributed by atoms with Crippen LogP contribution >= 0.6 is 0 Å². The minimum Gasteiger partial charge on any atom is -0.466 e. The summed E-state index contributed by atoms with van der Waals surface area (Å²) in [6.45, 7) is 0. The van der Waals surface area contributed by atoms with E-state index in [-0.39, 0.29) is 5.97 Å². The number of ether oxygens (including phenoxy) is 1. The lowest BCUT2D eigenvalue weighted by Gasteiger charge is -2.13. The summed E-state index contributed by atoms with van der Waals surface area (Å²) >= 11 is 0. The van der Waals surface area contributed by atoms with E-state index in [1.165, 1.54) is 7.11 Å². The molecule has 0 spiro atoms. The van der Waals surface area contributed by atoms with Gasteiger partial charge in [0.25, 0.3) is 0 Å². The fraction of sp³-hybridized carbons (Fsp3) is 0.286. The van der Waals surface area contributed by atoms with Gasteiger partial charge in [0.1, 0.15) is 0 Å². The molecule has 0 fully saturated rings. The summed E-state index contributed by atoms with van der Waals surface area (Å²) in [6.07, 6.45) is 8.19. The Morgan fingerprint density at radius 3 is 3.06 bits per heavy atom. The molecule has 1 aromatic heterocycles. The quantitative estimate of drug-likeness (QED) is 0.747. The van der Waals surface area contributed by atoms with E-state index < -0.39 is 0 Å². The molecule has 3 nitrogen and oxygen atoms in total. The molecule has 0 saturated heterocycles. The molecule has 17 heavy (non-hydrogen) atoms. The van der Waals surface area contributed by atoms with Gasteiger partial charge in [-0.25, -0.2) is 4.79 Å². The first kappa shape index (κ1) is 11.6. The predicted octanol–water partition coefficient (Wildman–Crippen LogP) is 2.44. The van der Waals surface area contributed by atoms with Gasteiger partial charge in [-0.15, -0.1) is 0 Å². The fourth-order valence-corrected chi connectivity index (χ4v) is 1.93. The highest BCUT2D eigenvalue weighted by Crippen LogP contribution is 2.22. The van der Waals surface area contributed by atoms with Crippen LogP contribution < -0.4 is 0 Å². The molecule has 88 valence electrons. The molecule has 0 unspecified atom stereocenters. The van der Waals surface area contributed by atoms with Crippen molar-refractivity contribution < 1.29 is 9.53 Å². The summed E-state index contributed by atoms with van der Waals surface area (Å²) in [7, 11) is 1.42. The van der Waals surface area contributed by atoms with Gasteiger partial charge in [0.05, 0.1) is 7.11 Å². The number of esters is 1. The zero-order chi connectivity index (χ0) is 12.1. The van der Waals surface area contributed by atoms with Crippen LogP contribution in [0.25, 0.3) is 0 Å². The molecule has 3 heteroatoms. The van der Waals surface area contributed by atoms with Crippen molar-refractivity contribution in [2.75, 3.05) is 7.11 Å². The summed E-state index contributed by atoms with van der Waals surface area (Å²) < 4.78 is 4.81. The molecule has 0 radical (unpaired) electrons. The maximum absolute atomic E-state index is 11.6. The summed E-state index contributed by atoms with van der Waals surface area (Å²) in [5.74, 6) is -0.222. The molecular weight excluding hydrogens is 214 g/mol. The molecule has 2 rings (SSSR count). The minimum atomic E-state index is -0.222. The number of pyridine rings is 1. The third-order valence-electron chi connectivity index (χ3n) is 2.80. The zero-order valence-electron chi connectivity index (χ0n) is 9.85. The van der Waals surface area contributed by atoms with E-state index in [0.29, 0.717) is 6.42 Å². The summed E-state index contributed by atoms with van der Waals surface area (Å²) in [5, 5.41) is 0. The number of nitrogens with zero attached hydrogens (tertiary/aromatic N) is 1. The van der Waals surface area contributed by atoms with Crippen molar-refractivity contribution in [2.45, 2.75) is 19.3 Å². The maximum atomic E-state index is 11.6. The van der Waals surface area contributed by atoms with Crippen molar-refractivity contribution in [1.82, 2.24) is 4.98 Å². The first-order valence-corrected chi connectivity index (χ1v) is 5.68. The van der Waals surface area contributed by atoms with Crippen LogP contribution in [-0.4, -0.2) is 18.1 Å². The van der Waals surface area contributed by atoms with Crippen LogP contribution in [0.2, 0.25) is 0 Å². The first-order valence-electron chi connectivity index (χ1n) is 5.68. The van der Waals surface area contributed by atoms with Gasteiger partial charge in [-0.1, -0.05) is 18.2 Å². The standard InChI is InChI=1S/C14H15NO2/c1-17-14(16)13-8-3-2-6-11(13)10-12-7-4-5-9-15-12/h2,4-7,9H,3,8,10H2,1H3. The van der Waals surface area contributed by atoms with Crippen LogP contribution in [-0.2, 0) is 16.0 Å². The van der Waals surface area contributed by atoms with Crippen LogP contribution in [0.3, 0.4) is 0 Å². The number of methoxy groups -OCH3 is 1. The first-order chi connectivity index (χ1) is 8.31. The van der Waals surface area contributed by atoms with Gasteiger partial charge in [0, 0.05) is 23.9 Å². The van der Waals surface area contributed by atoms with Crippen molar-refractivity contribution in [3.05, 3.63) is 53.4 Å². The number of carbonyl (C=O) groups is 1. The lowest BCUT2D eigenvalue weighted by Crippen LogP contribution is -2.11. The van der Waals surface area contributed by atoms with Gasteiger partial charge in [-0.05, 0) is 30.5 Å². The molecule has 0 aliphatic heterocycles. The molecule has 1 heterocycles. The second-order valence-corrected chi connectivity index (χ2v) is 3.93. The van der Waals surface area contributed by atoms with E-state index in [9.17, 15) is 4.79 Å². The third kappa shape index (κ3) is 2.81. The van der Waals surface area contributed by atoms with E-state index >= 15 is 0 Å². The second-order valence-electron chi connectivity index (χ2n) is 3.93. The molecule has 0 N–H and O–H groups in total. The number of allylic oxidation sites excluding steroid dienone is 3. The number of aromatic nitrogens is 1. The number of carbonyl (C=O) groups excluding carboxylic acids is 1. The van der Waals surface area contributed by atoms with Gasteiger partial charge in [0.2, 0.25) is 0 Å². The van der Waals surface area contributed by atoms with Gasteiger partial charge in [0.15, 0.2) is 0 Å². The SMILES string of the molecule is COC(=O)C1=C(Cc2ccccn2)C=CCC1. The largest absolute Gasteiger partial charge is 0.466 e. The Morgan fingerprint density at radius 1 is 1.47 bits per heavy atom. The lowest BCUT2D eigenvalue weighted by molar-refractivity contribution is -0.136.